The third-order valence-electron chi connectivity index (χ3n) is 2.10. The zero-order valence-corrected chi connectivity index (χ0v) is 6.85. The molecule has 0 radical (unpaired) electrons. The Kier molecular flexibility index (Phi) is 1.30. The molecule has 2 heteroatoms. The molecule has 0 fully saturated rings. The molecule has 0 aliphatic heterocycles. The van der Waals surface area contributed by atoms with E-state index >= 15 is 0 Å². The van der Waals surface area contributed by atoms with Crippen molar-refractivity contribution in [1.82, 2.24) is 0 Å². The van der Waals surface area contributed by atoms with Gasteiger partial charge in [0.2, 0.25) is 5.24 Å². The quantitative estimate of drug-likeness (QED) is 0.585. The molecule has 2 rings (SSSR count). The van der Waals surface area contributed by atoms with Crippen molar-refractivity contribution in [3.63, 3.8) is 0 Å². The molecular weight excluding hydrogens is 160 g/mol. The van der Waals surface area contributed by atoms with Crippen LogP contribution in [-0.2, 0) is 4.79 Å². The van der Waals surface area contributed by atoms with E-state index in [0.717, 1.165) is 11.1 Å². The van der Waals surface area contributed by atoms with Gasteiger partial charge in [0.05, 0.1) is 5.92 Å². The lowest BCUT2D eigenvalue weighted by molar-refractivity contribution is -0.111. The molecule has 1 nitrogen and oxygen atoms in total. The van der Waals surface area contributed by atoms with Crippen molar-refractivity contribution in [2.45, 2.75) is 12.8 Å². The van der Waals surface area contributed by atoms with Crippen molar-refractivity contribution in [3.8, 4) is 0 Å². The molecule has 56 valence electrons. The molecule has 0 saturated carbocycles. The summed E-state index contributed by atoms with van der Waals surface area (Å²) < 4.78 is 0. The van der Waals surface area contributed by atoms with Gasteiger partial charge in [-0.25, -0.2) is 0 Å². The molecule has 11 heavy (non-hydrogen) atoms. The maximum absolute atomic E-state index is 10.8. The first-order chi connectivity index (χ1) is 5.22. The first-order valence-electron chi connectivity index (χ1n) is 3.50. The second-order valence-electron chi connectivity index (χ2n) is 2.81. The largest absolute Gasteiger partial charge is 0.280 e. The average Bonchev–Trinajstić information content (AvgIpc) is 2.62. The molecule has 0 heterocycles. The van der Waals surface area contributed by atoms with Gasteiger partial charge in [0.1, 0.15) is 0 Å². The van der Waals surface area contributed by atoms with Crippen LogP contribution in [0.2, 0.25) is 0 Å². The first-order valence-corrected chi connectivity index (χ1v) is 3.88. The summed E-state index contributed by atoms with van der Waals surface area (Å²) in [7, 11) is 0. The summed E-state index contributed by atoms with van der Waals surface area (Å²) >= 11 is 5.37. The third kappa shape index (κ3) is 0.881. The van der Waals surface area contributed by atoms with Crippen LogP contribution in [0.1, 0.15) is 22.6 Å². The predicted molar refractivity (Wildman–Crippen MR) is 43.9 cm³/mol. The van der Waals surface area contributed by atoms with Crippen LogP contribution in [0.25, 0.3) is 0 Å². The zero-order valence-electron chi connectivity index (χ0n) is 6.10. The van der Waals surface area contributed by atoms with E-state index < -0.39 is 0 Å². The Labute approximate surface area is 70.0 Å². The number of hydrogen-bond donors (Lipinski definition) is 0. The fraction of sp³-hybridized carbons (Fsp3) is 0.222. The Morgan fingerprint density at radius 3 is 2.82 bits per heavy atom. The van der Waals surface area contributed by atoms with Gasteiger partial charge in [-0.2, -0.15) is 0 Å². The Bertz CT molecular complexity index is 330. The Morgan fingerprint density at radius 2 is 2.27 bits per heavy atom. The lowest BCUT2D eigenvalue weighted by Gasteiger charge is -1.84. The smallest absolute Gasteiger partial charge is 0.233 e. The van der Waals surface area contributed by atoms with E-state index in [9.17, 15) is 4.79 Å². The average molecular weight is 167 g/mol. The van der Waals surface area contributed by atoms with Crippen molar-refractivity contribution >= 4 is 16.8 Å². The standard InChI is InChI=1S/C9H7ClO/c1-5-3-2-4-6-7(5)8(6)9(10)11/h2-4,8H,1H3. The van der Waals surface area contributed by atoms with Crippen molar-refractivity contribution < 1.29 is 4.79 Å². The number of rotatable bonds is 1. The first kappa shape index (κ1) is 6.86. The van der Waals surface area contributed by atoms with E-state index in [1.54, 1.807) is 0 Å². The normalized spacial score (nSPS) is 19.3. The molecule has 0 aromatic heterocycles. The van der Waals surface area contributed by atoms with Crippen LogP contribution in [0.3, 0.4) is 0 Å². The molecule has 0 saturated heterocycles. The maximum Gasteiger partial charge on any atom is 0.233 e. The molecule has 0 bridgehead atoms. The molecule has 1 aliphatic carbocycles. The van der Waals surface area contributed by atoms with Gasteiger partial charge in [-0.1, -0.05) is 18.2 Å². The van der Waals surface area contributed by atoms with E-state index in [1.165, 1.54) is 5.56 Å². The zero-order chi connectivity index (χ0) is 8.01. The second kappa shape index (κ2) is 2.08. The molecule has 1 aromatic rings. The Balaban J connectivity index is 2.45. The summed E-state index contributed by atoms with van der Waals surface area (Å²) in [5.41, 5.74) is 3.40. The summed E-state index contributed by atoms with van der Waals surface area (Å²) in [5, 5.41) is -0.255. The van der Waals surface area contributed by atoms with Gasteiger partial charge in [0.25, 0.3) is 0 Å². The van der Waals surface area contributed by atoms with Crippen LogP contribution in [0.5, 0.6) is 0 Å². The van der Waals surface area contributed by atoms with E-state index in [1.807, 2.05) is 25.1 Å². The maximum atomic E-state index is 10.8. The Morgan fingerprint density at radius 1 is 1.55 bits per heavy atom. The molecule has 1 atom stereocenters. The van der Waals surface area contributed by atoms with Gasteiger partial charge in [-0.3, -0.25) is 4.79 Å². The van der Waals surface area contributed by atoms with Crippen LogP contribution in [0, 0.1) is 6.92 Å². The number of benzene rings is 1. The van der Waals surface area contributed by atoms with E-state index in [-0.39, 0.29) is 11.2 Å². The molecule has 1 unspecified atom stereocenters. The highest BCUT2D eigenvalue weighted by Crippen LogP contribution is 2.46. The summed E-state index contributed by atoms with van der Waals surface area (Å²) in [5.74, 6) is -0.0910. The molecule has 1 aliphatic rings. The lowest BCUT2D eigenvalue weighted by Crippen LogP contribution is -1.86. The molecule has 0 amide bonds. The van der Waals surface area contributed by atoms with Crippen LogP contribution < -0.4 is 0 Å². The highest BCUT2D eigenvalue weighted by atomic mass is 35.5. The fourth-order valence-electron chi connectivity index (χ4n) is 1.50. The third-order valence-corrected chi connectivity index (χ3v) is 2.32. The molecule has 0 spiro atoms. The van der Waals surface area contributed by atoms with Gasteiger partial charge < -0.3 is 0 Å². The lowest BCUT2D eigenvalue weighted by atomic mass is 10.2. The SMILES string of the molecule is Cc1cccc2c1C2C(=O)Cl. The van der Waals surface area contributed by atoms with E-state index in [4.69, 9.17) is 11.6 Å². The number of carbonyl (C=O) groups excluding carboxylic acids is 1. The van der Waals surface area contributed by atoms with Crippen molar-refractivity contribution in [2.75, 3.05) is 0 Å². The van der Waals surface area contributed by atoms with Crippen LogP contribution in [-0.4, -0.2) is 5.24 Å². The highest BCUT2D eigenvalue weighted by molar-refractivity contribution is 6.65. The van der Waals surface area contributed by atoms with Gasteiger partial charge >= 0.3 is 0 Å². The Hall–Kier alpha value is -0.820. The molecular formula is C9H7ClO. The summed E-state index contributed by atoms with van der Waals surface area (Å²) in [6.45, 7) is 2.00. The van der Waals surface area contributed by atoms with Gasteiger partial charge in [-0.05, 0) is 35.2 Å². The van der Waals surface area contributed by atoms with E-state index in [2.05, 4.69) is 0 Å². The second-order valence-corrected chi connectivity index (χ2v) is 3.19. The number of halogens is 1. The fourth-order valence-corrected chi connectivity index (χ4v) is 1.73. The summed E-state index contributed by atoms with van der Waals surface area (Å²) in [4.78, 5) is 10.8. The summed E-state index contributed by atoms with van der Waals surface area (Å²) in [6, 6.07) is 5.90. The van der Waals surface area contributed by atoms with Gasteiger partial charge in [0.15, 0.2) is 0 Å². The number of hydrogen-bond acceptors (Lipinski definition) is 1. The van der Waals surface area contributed by atoms with Crippen LogP contribution >= 0.6 is 11.6 Å². The van der Waals surface area contributed by atoms with Crippen LogP contribution in [0.4, 0.5) is 0 Å². The number of carbonyl (C=O) groups is 1. The van der Waals surface area contributed by atoms with Gasteiger partial charge in [0, 0.05) is 0 Å². The van der Waals surface area contributed by atoms with E-state index in [0.29, 0.717) is 0 Å². The van der Waals surface area contributed by atoms with Gasteiger partial charge in [-0.15, -0.1) is 0 Å². The number of fused-ring (bicyclic) bond motifs is 1. The summed E-state index contributed by atoms with van der Waals surface area (Å²) in [6.07, 6.45) is 0. The minimum atomic E-state index is -0.255. The number of aryl methyl sites for hydroxylation is 1. The van der Waals surface area contributed by atoms with Crippen molar-refractivity contribution in [2.24, 2.45) is 0 Å². The van der Waals surface area contributed by atoms with Crippen LogP contribution in [0.15, 0.2) is 18.2 Å². The van der Waals surface area contributed by atoms with Crippen molar-refractivity contribution in [1.29, 1.82) is 0 Å². The predicted octanol–water partition coefficient (Wildman–Crippen LogP) is 2.21. The minimum absolute atomic E-state index is 0.0910. The topological polar surface area (TPSA) is 17.1 Å². The molecule has 0 N–H and O–H groups in total. The molecule has 1 aromatic carbocycles. The minimum Gasteiger partial charge on any atom is -0.280 e. The monoisotopic (exact) mass is 166 g/mol. The highest BCUT2D eigenvalue weighted by Gasteiger charge is 2.38. The van der Waals surface area contributed by atoms with Crippen molar-refractivity contribution in [3.05, 3.63) is 34.9 Å².